The van der Waals surface area contributed by atoms with E-state index in [0.29, 0.717) is 29.0 Å². The third kappa shape index (κ3) is 5.75. The van der Waals surface area contributed by atoms with Crippen molar-refractivity contribution in [2.24, 2.45) is 0 Å². The molecule has 0 radical (unpaired) electrons. The Morgan fingerprint density at radius 3 is 2.28 bits per heavy atom. The number of hydrogen-bond donors (Lipinski definition) is 0. The van der Waals surface area contributed by atoms with Crippen LogP contribution in [0.15, 0.2) is 49.6 Å². The molecule has 0 fully saturated rings. The first kappa shape index (κ1) is 21.0. The van der Waals surface area contributed by atoms with Crippen LogP contribution in [0.2, 0.25) is 5.02 Å². The third-order valence-corrected chi connectivity index (χ3v) is 4.18. The highest BCUT2D eigenvalue weighted by Gasteiger charge is 2.12. The van der Waals surface area contributed by atoms with E-state index in [2.05, 4.69) is 59.1 Å². The molecule has 3 heteroatoms. The lowest BCUT2D eigenvalue weighted by Gasteiger charge is -2.17. The minimum atomic E-state index is 0.329. The molecular formula is C22H27ClO2. The Morgan fingerprint density at radius 1 is 1.04 bits per heavy atom. The first-order valence-electron chi connectivity index (χ1n) is 8.42. The van der Waals surface area contributed by atoms with Crippen LogP contribution in [0.1, 0.15) is 66.6 Å². The summed E-state index contributed by atoms with van der Waals surface area (Å²) < 4.78 is 6.06. The first-order chi connectivity index (χ1) is 11.9. The summed E-state index contributed by atoms with van der Waals surface area (Å²) in [6.45, 7) is 14.9. The Hall–Kier alpha value is -2.06. The number of carbonyl (C=O) groups excluding carboxylic acids is 1. The molecule has 0 aromatic heterocycles. The van der Waals surface area contributed by atoms with Gasteiger partial charge in [-0.1, -0.05) is 51.4 Å². The second-order valence-electron chi connectivity index (χ2n) is 6.36. The van der Waals surface area contributed by atoms with Gasteiger partial charge < -0.3 is 4.74 Å². The minimum Gasteiger partial charge on any atom is -0.489 e. The summed E-state index contributed by atoms with van der Waals surface area (Å²) in [6.07, 6.45) is 0.836. The molecule has 0 saturated carbocycles. The predicted octanol–water partition coefficient (Wildman–Crippen LogP) is 6.78. The quantitative estimate of drug-likeness (QED) is 0.420. The zero-order valence-corrected chi connectivity index (χ0v) is 16.3. The maximum atomic E-state index is 11.2. The molecule has 25 heavy (non-hydrogen) atoms. The van der Waals surface area contributed by atoms with E-state index in [0.717, 1.165) is 17.6 Å². The summed E-state index contributed by atoms with van der Waals surface area (Å²) in [6, 6.07) is 11.6. The zero-order chi connectivity index (χ0) is 19.0. The molecule has 0 N–H and O–H groups in total. The summed E-state index contributed by atoms with van der Waals surface area (Å²) in [5.74, 6) is 1.69. The van der Waals surface area contributed by atoms with Crippen molar-refractivity contribution in [3.8, 4) is 5.75 Å². The van der Waals surface area contributed by atoms with E-state index in [4.69, 9.17) is 16.3 Å². The van der Waals surface area contributed by atoms with Gasteiger partial charge >= 0.3 is 0 Å². The van der Waals surface area contributed by atoms with Crippen LogP contribution in [-0.4, -0.2) is 6.29 Å². The Morgan fingerprint density at radius 2 is 1.72 bits per heavy atom. The molecule has 0 aliphatic heterocycles. The lowest BCUT2D eigenvalue weighted by Crippen LogP contribution is -2.03. The number of ether oxygens (including phenoxy) is 1. The molecule has 0 bridgehead atoms. The monoisotopic (exact) mass is 358 g/mol. The van der Waals surface area contributed by atoms with Gasteiger partial charge in [0.2, 0.25) is 0 Å². The fourth-order valence-electron chi connectivity index (χ4n) is 2.48. The second-order valence-corrected chi connectivity index (χ2v) is 6.79. The third-order valence-electron chi connectivity index (χ3n) is 3.94. The number of aldehydes is 1. The van der Waals surface area contributed by atoms with Gasteiger partial charge in [-0.3, -0.25) is 4.79 Å². The molecule has 2 aromatic carbocycles. The zero-order valence-electron chi connectivity index (χ0n) is 15.5. The number of benzene rings is 2. The normalized spacial score (nSPS) is 10.4. The molecule has 0 spiro atoms. The average Bonchev–Trinajstić information content (AvgIpc) is 2.61. The molecule has 0 atom stereocenters. The molecular weight excluding hydrogens is 332 g/mol. The van der Waals surface area contributed by atoms with Crippen molar-refractivity contribution in [3.05, 3.63) is 76.8 Å². The summed E-state index contributed by atoms with van der Waals surface area (Å²) in [5.41, 5.74) is 3.83. The Kier molecular flexibility index (Phi) is 8.44. The van der Waals surface area contributed by atoms with Crippen LogP contribution in [0.5, 0.6) is 5.75 Å². The van der Waals surface area contributed by atoms with Gasteiger partial charge in [0.15, 0.2) is 0 Å². The second kappa shape index (κ2) is 10.0. The van der Waals surface area contributed by atoms with Crippen LogP contribution in [0, 0.1) is 0 Å². The van der Waals surface area contributed by atoms with Gasteiger partial charge in [-0.2, -0.15) is 0 Å². The summed E-state index contributed by atoms with van der Waals surface area (Å²) >= 11 is 6.03. The number of rotatable bonds is 6. The standard InChI is InChI=1S/C20H23ClO2.C2H4/c1-13(2)15-6-8-19(14(3)4)20(10-15)23-12-17-9-18(21)7-5-16(17)11-22;1-2/h5-11,13-14H,12H2,1-4H3;1-2H2. The van der Waals surface area contributed by atoms with E-state index in [9.17, 15) is 4.79 Å². The maximum Gasteiger partial charge on any atom is 0.150 e. The van der Waals surface area contributed by atoms with Gasteiger partial charge in [-0.05, 0) is 47.2 Å². The number of halogens is 1. The molecule has 2 nitrogen and oxygen atoms in total. The van der Waals surface area contributed by atoms with Crippen molar-refractivity contribution in [1.82, 2.24) is 0 Å². The molecule has 0 unspecified atom stereocenters. The summed E-state index contributed by atoms with van der Waals surface area (Å²) in [4.78, 5) is 11.2. The summed E-state index contributed by atoms with van der Waals surface area (Å²) in [7, 11) is 0. The molecule has 2 rings (SSSR count). The molecule has 0 aliphatic rings. The van der Waals surface area contributed by atoms with E-state index in [1.54, 1.807) is 18.2 Å². The Balaban J connectivity index is 0.00000151. The van der Waals surface area contributed by atoms with Crippen LogP contribution in [-0.2, 0) is 6.61 Å². The Bertz CT molecular complexity index is 705. The van der Waals surface area contributed by atoms with Crippen LogP contribution in [0.25, 0.3) is 0 Å². The van der Waals surface area contributed by atoms with Crippen molar-refractivity contribution < 1.29 is 9.53 Å². The van der Waals surface area contributed by atoms with E-state index in [1.807, 2.05) is 0 Å². The highest BCUT2D eigenvalue weighted by atomic mass is 35.5. The van der Waals surface area contributed by atoms with Crippen molar-refractivity contribution in [2.45, 2.75) is 46.1 Å². The van der Waals surface area contributed by atoms with Gasteiger partial charge in [0, 0.05) is 16.1 Å². The topological polar surface area (TPSA) is 26.3 Å². The van der Waals surface area contributed by atoms with E-state index < -0.39 is 0 Å². The molecule has 0 heterocycles. The smallest absolute Gasteiger partial charge is 0.150 e. The SMILES string of the molecule is C=C.CC(C)c1ccc(C(C)C)c(OCc2cc(Cl)ccc2C=O)c1. The average molecular weight is 359 g/mol. The molecule has 134 valence electrons. The van der Waals surface area contributed by atoms with Crippen LogP contribution in [0.4, 0.5) is 0 Å². The van der Waals surface area contributed by atoms with Crippen molar-refractivity contribution in [1.29, 1.82) is 0 Å². The van der Waals surface area contributed by atoms with E-state index in [-0.39, 0.29) is 0 Å². The number of hydrogen-bond acceptors (Lipinski definition) is 2. The highest BCUT2D eigenvalue weighted by Crippen LogP contribution is 2.31. The fourth-order valence-corrected chi connectivity index (χ4v) is 2.68. The van der Waals surface area contributed by atoms with Crippen molar-refractivity contribution >= 4 is 17.9 Å². The maximum absolute atomic E-state index is 11.2. The van der Waals surface area contributed by atoms with Gasteiger partial charge in [0.05, 0.1) is 0 Å². The van der Waals surface area contributed by atoms with Crippen LogP contribution < -0.4 is 4.74 Å². The lowest BCUT2D eigenvalue weighted by atomic mass is 9.96. The van der Waals surface area contributed by atoms with Crippen LogP contribution in [0.3, 0.4) is 0 Å². The molecule has 2 aromatic rings. The largest absolute Gasteiger partial charge is 0.489 e. The first-order valence-corrected chi connectivity index (χ1v) is 8.80. The number of carbonyl (C=O) groups is 1. The highest BCUT2D eigenvalue weighted by molar-refractivity contribution is 6.30. The molecule has 0 amide bonds. The van der Waals surface area contributed by atoms with Gasteiger partial charge in [-0.15, -0.1) is 13.2 Å². The van der Waals surface area contributed by atoms with Gasteiger partial charge in [0.25, 0.3) is 0 Å². The van der Waals surface area contributed by atoms with Gasteiger partial charge in [-0.25, -0.2) is 0 Å². The van der Waals surface area contributed by atoms with Crippen molar-refractivity contribution in [2.75, 3.05) is 0 Å². The lowest BCUT2D eigenvalue weighted by molar-refractivity contribution is 0.112. The predicted molar refractivity (Wildman–Crippen MR) is 107 cm³/mol. The van der Waals surface area contributed by atoms with E-state index >= 15 is 0 Å². The van der Waals surface area contributed by atoms with Crippen LogP contribution >= 0.6 is 11.6 Å². The van der Waals surface area contributed by atoms with E-state index in [1.165, 1.54) is 11.1 Å². The molecule has 0 aliphatic carbocycles. The fraction of sp³-hybridized carbons (Fsp3) is 0.318. The summed E-state index contributed by atoms with van der Waals surface area (Å²) in [5, 5.41) is 0.606. The van der Waals surface area contributed by atoms with Gasteiger partial charge in [0.1, 0.15) is 18.6 Å². The Labute approximate surface area is 156 Å². The van der Waals surface area contributed by atoms with Crippen molar-refractivity contribution in [3.63, 3.8) is 0 Å². The molecule has 0 saturated heterocycles. The minimum absolute atomic E-state index is 0.329.